The largest absolute Gasteiger partial charge is 0.324 e. The van der Waals surface area contributed by atoms with E-state index in [4.69, 9.17) is 0 Å². The van der Waals surface area contributed by atoms with Gasteiger partial charge >= 0.3 is 0 Å². The molecule has 1 unspecified atom stereocenters. The highest BCUT2D eigenvalue weighted by atomic mass is 79.9. The Morgan fingerprint density at radius 3 is 2.55 bits per heavy atom. The summed E-state index contributed by atoms with van der Waals surface area (Å²) in [5, 5.41) is 2.92. The van der Waals surface area contributed by atoms with Crippen molar-refractivity contribution in [1.82, 2.24) is 0 Å². The predicted molar refractivity (Wildman–Crippen MR) is 84.3 cm³/mol. The third-order valence-corrected chi connectivity index (χ3v) is 3.79. The number of fused-ring (bicyclic) bond motifs is 1. The number of benzene rings is 2. The first-order valence-electron chi connectivity index (χ1n) is 6.39. The predicted octanol–water partition coefficient (Wildman–Crippen LogP) is 3.63. The first-order chi connectivity index (χ1) is 9.65. The molecule has 3 rings (SSSR count). The zero-order valence-corrected chi connectivity index (χ0v) is 12.5. The summed E-state index contributed by atoms with van der Waals surface area (Å²) < 4.78 is 1.02. The van der Waals surface area contributed by atoms with Gasteiger partial charge in [0.1, 0.15) is 6.04 Å². The second-order valence-corrected chi connectivity index (χ2v) is 5.61. The van der Waals surface area contributed by atoms with Gasteiger partial charge < -0.3 is 5.32 Å². The van der Waals surface area contributed by atoms with E-state index in [2.05, 4.69) is 26.2 Å². The summed E-state index contributed by atoms with van der Waals surface area (Å²) >= 11 is 3.43. The zero-order chi connectivity index (χ0) is 14.1. The van der Waals surface area contributed by atoms with Crippen molar-refractivity contribution in [2.45, 2.75) is 13.0 Å². The first-order valence-corrected chi connectivity index (χ1v) is 7.18. The van der Waals surface area contributed by atoms with Crippen LogP contribution in [-0.4, -0.2) is 17.7 Å². The number of hydrogen-bond donors (Lipinski definition) is 1. The van der Waals surface area contributed by atoms with Crippen LogP contribution in [0, 0.1) is 0 Å². The van der Waals surface area contributed by atoms with Gasteiger partial charge in [0, 0.05) is 15.6 Å². The van der Waals surface area contributed by atoms with Crippen LogP contribution in [-0.2, 0) is 4.79 Å². The monoisotopic (exact) mass is 328 g/mol. The molecule has 3 nitrogen and oxygen atoms in total. The molecule has 0 radical (unpaired) electrons. The van der Waals surface area contributed by atoms with Crippen molar-refractivity contribution >= 4 is 33.2 Å². The van der Waals surface area contributed by atoms with Crippen molar-refractivity contribution in [1.29, 1.82) is 0 Å². The molecule has 0 spiro atoms. The molecule has 1 aliphatic rings. The van der Waals surface area contributed by atoms with Gasteiger partial charge in [-0.1, -0.05) is 46.3 Å². The highest BCUT2D eigenvalue weighted by Gasteiger charge is 2.22. The van der Waals surface area contributed by atoms with Crippen molar-refractivity contribution in [3.8, 4) is 0 Å². The highest BCUT2D eigenvalue weighted by Crippen LogP contribution is 2.24. The maximum Gasteiger partial charge on any atom is 0.248 e. The molecule has 100 valence electrons. The summed E-state index contributed by atoms with van der Waals surface area (Å²) in [7, 11) is 0. The molecule has 1 atom stereocenters. The second kappa shape index (κ2) is 5.21. The van der Waals surface area contributed by atoms with Crippen LogP contribution in [0.5, 0.6) is 0 Å². The molecule has 0 bridgehead atoms. The highest BCUT2D eigenvalue weighted by molar-refractivity contribution is 9.10. The minimum atomic E-state index is -0.402. The molecular weight excluding hydrogens is 316 g/mol. The number of anilines is 1. The van der Waals surface area contributed by atoms with E-state index in [1.807, 2.05) is 48.5 Å². The van der Waals surface area contributed by atoms with E-state index in [0.29, 0.717) is 0 Å². The molecule has 1 N–H and O–H groups in total. The Balaban J connectivity index is 2.18. The molecule has 1 heterocycles. The molecule has 4 heteroatoms. The number of aliphatic imine (C=N–C) groups is 1. The van der Waals surface area contributed by atoms with Gasteiger partial charge in [0.2, 0.25) is 5.91 Å². The molecule has 0 aromatic heterocycles. The molecule has 1 amide bonds. The molecule has 2 aromatic rings. The SMILES string of the molecule is CC1N=C(c2ccc(Br)cc2)c2ccccc2NC1=O. The van der Waals surface area contributed by atoms with Crippen LogP contribution in [0.2, 0.25) is 0 Å². The summed E-state index contributed by atoms with van der Waals surface area (Å²) in [5.41, 5.74) is 3.61. The number of amides is 1. The fraction of sp³-hybridized carbons (Fsp3) is 0.125. The lowest BCUT2D eigenvalue weighted by molar-refractivity contribution is -0.116. The second-order valence-electron chi connectivity index (χ2n) is 4.70. The zero-order valence-electron chi connectivity index (χ0n) is 10.9. The first kappa shape index (κ1) is 13.1. The van der Waals surface area contributed by atoms with Crippen LogP contribution in [0.25, 0.3) is 0 Å². The van der Waals surface area contributed by atoms with E-state index in [1.165, 1.54) is 0 Å². The number of benzodiazepines with no additional fused rings is 1. The van der Waals surface area contributed by atoms with Gasteiger partial charge in [-0.25, -0.2) is 0 Å². The van der Waals surface area contributed by atoms with Crippen LogP contribution >= 0.6 is 15.9 Å². The summed E-state index contributed by atoms with van der Waals surface area (Å²) in [6.07, 6.45) is 0. The normalized spacial score (nSPS) is 17.8. The number of nitrogens with one attached hydrogen (secondary N) is 1. The molecule has 2 aromatic carbocycles. The van der Waals surface area contributed by atoms with E-state index in [1.54, 1.807) is 6.92 Å². The molecule has 0 fully saturated rings. The Hall–Kier alpha value is -1.94. The molecule has 0 saturated carbocycles. The molecule has 0 saturated heterocycles. The van der Waals surface area contributed by atoms with Gasteiger partial charge in [-0.2, -0.15) is 0 Å². The number of hydrogen-bond acceptors (Lipinski definition) is 2. The smallest absolute Gasteiger partial charge is 0.248 e. The standard InChI is InChI=1S/C16H13BrN2O/c1-10-16(20)19-14-5-3-2-4-13(14)15(18-10)11-6-8-12(17)9-7-11/h2-10H,1H3,(H,19,20). The summed E-state index contributed by atoms with van der Waals surface area (Å²) in [6, 6.07) is 15.3. The molecule has 1 aliphatic heterocycles. The van der Waals surface area contributed by atoms with Crippen molar-refractivity contribution < 1.29 is 4.79 Å². The lowest BCUT2D eigenvalue weighted by atomic mass is 10.0. The quantitative estimate of drug-likeness (QED) is 0.853. The number of rotatable bonds is 1. The average molecular weight is 329 g/mol. The Morgan fingerprint density at radius 1 is 1.10 bits per heavy atom. The Labute approximate surface area is 125 Å². The number of carbonyl (C=O) groups excluding carboxylic acids is 1. The van der Waals surface area contributed by atoms with E-state index < -0.39 is 6.04 Å². The van der Waals surface area contributed by atoms with Crippen LogP contribution < -0.4 is 5.32 Å². The number of nitrogens with zero attached hydrogens (tertiary/aromatic N) is 1. The average Bonchev–Trinajstić information content (AvgIpc) is 2.58. The third kappa shape index (κ3) is 2.39. The Bertz CT molecular complexity index is 692. The molecular formula is C16H13BrN2O. The van der Waals surface area contributed by atoms with Gasteiger partial charge in [-0.3, -0.25) is 9.79 Å². The van der Waals surface area contributed by atoms with Gasteiger partial charge in [0.05, 0.1) is 11.4 Å². The number of carbonyl (C=O) groups is 1. The fourth-order valence-electron chi connectivity index (χ4n) is 2.20. The van der Waals surface area contributed by atoms with E-state index in [9.17, 15) is 4.79 Å². The van der Waals surface area contributed by atoms with Gasteiger partial charge in [-0.15, -0.1) is 0 Å². The lowest BCUT2D eigenvalue weighted by Crippen LogP contribution is -2.22. The number of halogens is 1. The van der Waals surface area contributed by atoms with Gasteiger partial charge in [0.15, 0.2) is 0 Å². The summed E-state index contributed by atoms with van der Waals surface area (Å²) in [5.74, 6) is -0.0791. The summed E-state index contributed by atoms with van der Waals surface area (Å²) in [6.45, 7) is 1.81. The van der Waals surface area contributed by atoms with Crippen molar-refractivity contribution in [3.63, 3.8) is 0 Å². The van der Waals surface area contributed by atoms with E-state index in [-0.39, 0.29) is 5.91 Å². The summed E-state index contributed by atoms with van der Waals surface area (Å²) in [4.78, 5) is 16.6. The Kier molecular flexibility index (Phi) is 3.40. The molecule has 20 heavy (non-hydrogen) atoms. The molecule has 0 aliphatic carbocycles. The van der Waals surface area contributed by atoms with Crippen LogP contribution in [0.15, 0.2) is 58.0 Å². The maximum absolute atomic E-state index is 12.0. The van der Waals surface area contributed by atoms with Crippen molar-refractivity contribution in [3.05, 3.63) is 64.1 Å². The third-order valence-electron chi connectivity index (χ3n) is 3.26. The maximum atomic E-state index is 12.0. The van der Waals surface area contributed by atoms with E-state index in [0.717, 1.165) is 27.0 Å². The minimum Gasteiger partial charge on any atom is -0.324 e. The fourth-order valence-corrected chi connectivity index (χ4v) is 2.46. The minimum absolute atomic E-state index is 0.0791. The van der Waals surface area contributed by atoms with Crippen molar-refractivity contribution in [2.24, 2.45) is 4.99 Å². The number of para-hydroxylation sites is 1. The van der Waals surface area contributed by atoms with Gasteiger partial charge in [-0.05, 0) is 25.1 Å². The topological polar surface area (TPSA) is 41.5 Å². The van der Waals surface area contributed by atoms with Crippen molar-refractivity contribution in [2.75, 3.05) is 5.32 Å². The Morgan fingerprint density at radius 2 is 1.80 bits per heavy atom. The van der Waals surface area contributed by atoms with Gasteiger partial charge in [0.25, 0.3) is 0 Å². The van der Waals surface area contributed by atoms with Crippen LogP contribution in [0.3, 0.4) is 0 Å². The van der Waals surface area contributed by atoms with E-state index >= 15 is 0 Å². The van der Waals surface area contributed by atoms with Crippen LogP contribution in [0.4, 0.5) is 5.69 Å². The lowest BCUT2D eigenvalue weighted by Gasteiger charge is -2.09. The van der Waals surface area contributed by atoms with Crippen LogP contribution in [0.1, 0.15) is 18.1 Å².